The van der Waals surface area contributed by atoms with Crippen LogP contribution >= 0.6 is 0 Å². The highest BCUT2D eigenvalue weighted by Crippen LogP contribution is 2.53. The molecule has 1 unspecified atom stereocenters. The van der Waals surface area contributed by atoms with E-state index in [1.807, 2.05) is 32.0 Å². The number of hydrogen-bond acceptors (Lipinski definition) is 9. The number of Topliss-reactive ketones (excluding diaryl/α,β-unsaturated/α-hetero) is 2. The maximum absolute atomic E-state index is 13.8. The normalized spacial score (nSPS) is 28.1. The molecule has 3 aliphatic carbocycles. The van der Waals surface area contributed by atoms with Crippen molar-refractivity contribution in [2.45, 2.75) is 37.8 Å². The Labute approximate surface area is 202 Å². The van der Waals surface area contributed by atoms with E-state index >= 15 is 0 Å². The highest BCUT2D eigenvalue weighted by molar-refractivity contribution is 6.24. The van der Waals surface area contributed by atoms with Gasteiger partial charge in [0.2, 0.25) is 5.78 Å². The number of anilines is 1. The molecule has 0 saturated carbocycles. The second-order valence-electron chi connectivity index (χ2n) is 9.97. The largest absolute Gasteiger partial charge is 0.510 e. The molecule has 1 aromatic carbocycles. The Kier molecular flexibility index (Phi) is 5.72. The van der Waals surface area contributed by atoms with Crippen LogP contribution in [0.1, 0.15) is 34.8 Å². The van der Waals surface area contributed by atoms with Gasteiger partial charge in [0.15, 0.2) is 11.4 Å². The summed E-state index contributed by atoms with van der Waals surface area (Å²) >= 11 is 0. The van der Waals surface area contributed by atoms with E-state index in [0.29, 0.717) is 17.5 Å². The van der Waals surface area contributed by atoms with Gasteiger partial charge in [-0.25, -0.2) is 0 Å². The Balaban J connectivity index is 2.00. The predicted octanol–water partition coefficient (Wildman–Crippen LogP) is 0.749. The molecule has 0 spiro atoms. The topological polar surface area (TPSA) is 165 Å². The molecular weight excluding hydrogens is 454 g/mol. The number of nitrogens with two attached hydrogens (primary N) is 1. The zero-order valence-electron chi connectivity index (χ0n) is 20.4. The van der Waals surface area contributed by atoms with Gasteiger partial charge in [-0.1, -0.05) is 6.92 Å². The summed E-state index contributed by atoms with van der Waals surface area (Å²) in [4.78, 5) is 42.5. The molecule has 1 aromatic rings. The fourth-order valence-corrected chi connectivity index (χ4v) is 6.02. The summed E-state index contributed by atoms with van der Waals surface area (Å²) in [5.41, 5.74) is 3.70. The first kappa shape index (κ1) is 24.7. The molecule has 4 atom stereocenters. The Morgan fingerprint density at radius 2 is 1.80 bits per heavy atom. The van der Waals surface area contributed by atoms with Crippen molar-refractivity contribution in [3.63, 3.8) is 0 Å². The van der Waals surface area contributed by atoms with E-state index < -0.39 is 58.0 Å². The van der Waals surface area contributed by atoms with Gasteiger partial charge in [0, 0.05) is 31.3 Å². The number of aliphatic hydroxyl groups excluding tert-OH is 2. The molecule has 10 nitrogen and oxygen atoms in total. The molecule has 188 valence electrons. The van der Waals surface area contributed by atoms with Crippen molar-refractivity contribution in [3.05, 3.63) is 45.4 Å². The molecule has 4 rings (SSSR count). The van der Waals surface area contributed by atoms with Crippen LogP contribution in [0.15, 0.2) is 28.7 Å². The van der Waals surface area contributed by atoms with Crippen LogP contribution in [0, 0.1) is 11.8 Å². The SMILES string of the molecule is CCc1cc(N(C)C)c2c(c1O)C(=O)C1=C(O)[C@@]3(O)C(=O)C(C(N)=O)=C(O)C(N(C)C)[C@H]3C[C@H]1C2. The second-order valence-corrected chi connectivity index (χ2v) is 9.97. The van der Waals surface area contributed by atoms with Crippen molar-refractivity contribution in [2.75, 3.05) is 33.1 Å². The molecule has 1 amide bonds. The van der Waals surface area contributed by atoms with Crippen molar-refractivity contribution in [1.29, 1.82) is 0 Å². The molecule has 6 N–H and O–H groups in total. The number of aliphatic hydroxyl groups is 3. The molecular formula is C25H31N3O7. The van der Waals surface area contributed by atoms with Crippen molar-refractivity contribution < 1.29 is 34.8 Å². The number of phenolic OH excluding ortho intramolecular Hbond substituents is 1. The van der Waals surface area contributed by atoms with Gasteiger partial charge in [0.25, 0.3) is 5.91 Å². The number of phenols is 1. The van der Waals surface area contributed by atoms with Gasteiger partial charge < -0.3 is 31.1 Å². The summed E-state index contributed by atoms with van der Waals surface area (Å²) < 4.78 is 0. The quantitative estimate of drug-likeness (QED) is 0.387. The Morgan fingerprint density at radius 1 is 1.17 bits per heavy atom. The van der Waals surface area contributed by atoms with E-state index in [4.69, 9.17) is 5.73 Å². The van der Waals surface area contributed by atoms with E-state index in [1.54, 1.807) is 14.1 Å². The molecule has 3 aliphatic rings. The van der Waals surface area contributed by atoms with Crippen LogP contribution in [0.25, 0.3) is 0 Å². The average Bonchev–Trinajstić information content (AvgIpc) is 2.75. The van der Waals surface area contributed by atoms with Crippen molar-refractivity contribution >= 4 is 23.2 Å². The number of aromatic hydroxyl groups is 1. The van der Waals surface area contributed by atoms with Crippen LogP contribution in [-0.4, -0.2) is 82.6 Å². The van der Waals surface area contributed by atoms with E-state index in [9.17, 15) is 34.8 Å². The first-order valence-corrected chi connectivity index (χ1v) is 11.5. The Bertz CT molecular complexity index is 1230. The Hall–Kier alpha value is -3.37. The minimum absolute atomic E-state index is 0.0360. The minimum Gasteiger partial charge on any atom is -0.510 e. The third-order valence-electron chi connectivity index (χ3n) is 7.64. The molecule has 0 heterocycles. The van der Waals surface area contributed by atoms with Crippen LogP contribution in [-0.2, 0) is 22.4 Å². The zero-order chi connectivity index (χ0) is 26.1. The fraction of sp³-hybridized carbons (Fsp3) is 0.480. The molecule has 0 saturated heterocycles. The van der Waals surface area contributed by atoms with Crippen molar-refractivity contribution in [2.24, 2.45) is 17.6 Å². The van der Waals surface area contributed by atoms with Gasteiger partial charge in [-0.05, 0) is 56.5 Å². The molecule has 0 aromatic heterocycles. The number of rotatable bonds is 4. The molecule has 0 radical (unpaired) electrons. The van der Waals surface area contributed by atoms with Crippen molar-refractivity contribution in [1.82, 2.24) is 4.90 Å². The van der Waals surface area contributed by atoms with E-state index in [-0.39, 0.29) is 29.7 Å². The maximum atomic E-state index is 13.8. The third kappa shape index (κ3) is 3.20. The lowest BCUT2D eigenvalue weighted by Crippen LogP contribution is -2.63. The van der Waals surface area contributed by atoms with E-state index in [1.165, 1.54) is 4.90 Å². The first-order chi connectivity index (χ1) is 16.3. The van der Waals surface area contributed by atoms with Gasteiger partial charge in [0.1, 0.15) is 22.8 Å². The highest BCUT2D eigenvalue weighted by Gasteiger charge is 2.63. The molecule has 35 heavy (non-hydrogen) atoms. The van der Waals surface area contributed by atoms with Crippen LogP contribution < -0.4 is 10.6 Å². The summed E-state index contributed by atoms with van der Waals surface area (Å²) in [6.45, 7) is 1.84. The summed E-state index contributed by atoms with van der Waals surface area (Å²) in [7, 11) is 6.85. The summed E-state index contributed by atoms with van der Waals surface area (Å²) in [6.07, 6.45) is 0.789. The average molecular weight is 486 g/mol. The lowest BCUT2D eigenvalue weighted by Gasteiger charge is -2.50. The monoisotopic (exact) mass is 485 g/mol. The van der Waals surface area contributed by atoms with Gasteiger partial charge in [-0.2, -0.15) is 0 Å². The van der Waals surface area contributed by atoms with Gasteiger partial charge >= 0.3 is 0 Å². The summed E-state index contributed by atoms with van der Waals surface area (Å²) in [5, 5.41) is 44.7. The number of benzene rings is 1. The summed E-state index contributed by atoms with van der Waals surface area (Å²) in [5.74, 6) is -6.43. The van der Waals surface area contributed by atoms with Gasteiger partial charge in [0.05, 0.1) is 11.6 Å². The number of hydrogen-bond donors (Lipinski definition) is 5. The Morgan fingerprint density at radius 3 is 2.31 bits per heavy atom. The number of amides is 1. The van der Waals surface area contributed by atoms with Crippen LogP contribution in [0.4, 0.5) is 5.69 Å². The minimum atomic E-state index is -2.63. The number of aryl methyl sites for hydroxylation is 1. The highest BCUT2D eigenvalue weighted by atomic mass is 16.3. The lowest BCUT2D eigenvalue weighted by atomic mass is 9.58. The molecule has 0 fully saturated rings. The number of ketones is 2. The van der Waals surface area contributed by atoms with Crippen molar-refractivity contribution in [3.8, 4) is 5.75 Å². The van der Waals surface area contributed by atoms with Crippen LogP contribution in [0.2, 0.25) is 0 Å². The van der Waals surface area contributed by atoms with Crippen LogP contribution in [0.3, 0.4) is 0 Å². The molecule has 10 heteroatoms. The first-order valence-electron chi connectivity index (χ1n) is 11.5. The van der Waals surface area contributed by atoms with Gasteiger partial charge in [-0.3, -0.25) is 19.3 Å². The summed E-state index contributed by atoms with van der Waals surface area (Å²) in [6, 6.07) is 0.819. The van der Waals surface area contributed by atoms with Crippen LogP contribution in [0.5, 0.6) is 5.75 Å². The maximum Gasteiger partial charge on any atom is 0.255 e. The number of fused-ring (bicyclic) bond motifs is 3. The number of likely N-dealkylation sites (N-methyl/N-ethyl adjacent to an activating group) is 1. The predicted molar refractivity (Wildman–Crippen MR) is 127 cm³/mol. The second kappa shape index (κ2) is 8.10. The number of allylic oxidation sites excluding steroid dienone is 1. The zero-order valence-corrected chi connectivity index (χ0v) is 20.4. The number of carbonyl (C=O) groups is 3. The standard InChI is InChI=1S/C25H31N3O7/c1-6-10-9-14(27(2)3)12-7-11-8-13-18(28(4)5)21(31)17(24(26)34)23(33)25(13,35)22(32)15(11)20(30)16(12)19(10)29/h9,11,13,18,29,31-32,35H,6-8H2,1-5H3,(H2,26,34)/t11-,13-,18?,25-/m1/s1. The third-order valence-corrected chi connectivity index (χ3v) is 7.64. The lowest BCUT2D eigenvalue weighted by molar-refractivity contribution is -0.148. The number of carbonyl (C=O) groups excluding carboxylic acids is 3. The fourth-order valence-electron chi connectivity index (χ4n) is 6.02. The number of nitrogens with zero attached hydrogens (tertiary/aromatic N) is 2. The smallest absolute Gasteiger partial charge is 0.255 e. The number of primary amides is 1. The molecule has 0 bridgehead atoms. The van der Waals surface area contributed by atoms with E-state index in [2.05, 4.69) is 0 Å². The van der Waals surface area contributed by atoms with Gasteiger partial charge in [-0.15, -0.1) is 0 Å². The molecule has 0 aliphatic heterocycles. The van der Waals surface area contributed by atoms with E-state index in [0.717, 1.165) is 5.69 Å².